The minimum Gasteiger partial charge on any atom is -0.497 e. The molecule has 160 valence electrons. The number of aromatic nitrogens is 1. The summed E-state index contributed by atoms with van der Waals surface area (Å²) in [4.78, 5) is 31.6. The Kier molecular flexibility index (Phi) is 6.37. The van der Waals surface area contributed by atoms with Crippen LogP contribution in [-0.4, -0.2) is 48.4 Å². The van der Waals surface area contributed by atoms with Crippen LogP contribution in [-0.2, 0) is 11.2 Å². The molecule has 1 unspecified atom stereocenters. The molecular formula is C23H29N3O3S. The van der Waals surface area contributed by atoms with Gasteiger partial charge in [-0.2, -0.15) is 0 Å². The van der Waals surface area contributed by atoms with Crippen LogP contribution in [0.1, 0.15) is 58.2 Å². The number of amides is 2. The first-order chi connectivity index (χ1) is 14.5. The summed E-state index contributed by atoms with van der Waals surface area (Å²) in [5, 5.41) is 6.19. The average molecular weight is 428 g/mol. The van der Waals surface area contributed by atoms with Gasteiger partial charge in [0.2, 0.25) is 5.91 Å². The molecule has 2 amide bonds. The Morgan fingerprint density at radius 1 is 1.30 bits per heavy atom. The molecule has 1 N–H and O–H groups in total. The van der Waals surface area contributed by atoms with Crippen molar-refractivity contribution in [3.8, 4) is 5.75 Å². The van der Waals surface area contributed by atoms with Gasteiger partial charge in [-0.3, -0.25) is 9.59 Å². The summed E-state index contributed by atoms with van der Waals surface area (Å²) in [5.41, 5.74) is 2.70. The molecule has 1 aliphatic heterocycles. The number of ether oxygens (including phenoxy) is 1. The number of methoxy groups -OCH3 is 1. The first kappa shape index (κ1) is 20.8. The number of carbonyl (C=O) groups is 2. The quantitative estimate of drug-likeness (QED) is 0.734. The second-order valence-corrected chi connectivity index (χ2v) is 9.15. The van der Waals surface area contributed by atoms with Gasteiger partial charge in [0.1, 0.15) is 5.75 Å². The predicted octanol–water partition coefficient (Wildman–Crippen LogP) is 3.55. The number of nitrogens with one attached hydrogen (secondary N) is 1. The number of nitrogens with zero attached hydrogens (tertiary/aromatic N) is 2. The van der Waals surface area contributed by atoms with E-state index in [1.807, 2.05) is 30.0 Å². The lowest BCUT2D eigenvalue weighted by atomic mass is 9.97. The molecule has 1 saturated carbocycles. The standard InChI is InChI=1S/C23H29N3O3S/c1-15-12-19(29-2)7-8-20(15)23(28)26-11-3-4-17(13-26)22-25-18(14-30-22)9-10-24-21(27)16-5-6-16/h7-8,12,14,16-17H,3-6,9-11,13H2,1-2H3,(H,24,27). The fourth-order valence-corrected chi connectivity index (χ4v) is 4.95. The van der Waals surface area contributed by atoms with Gasteiger partial charge in [0.15, 0.2) is 0 Å². The lowest BCUT2D eigenvalue weighted by Gasteiger charge is -2.32. The molecule has 1 saturated heterocycles. The summed E-state index contributed by atoms with van der Waals surface area (Å²) in [6, 6.07) is 5.61. The van der Waals surface area contributed by atoms with Crippen LogP contribution in [0.3, 0.4) is 0 Å². The predicted molar refractivity (Wildman–Crippen MR) is 117 cm³/mol. The largest absolute Gasteiger partial charge is 0.497 e. The number of rotatable bonds is 7. The Morgan fingerprint density at radius 2 is 2.13 bits per heavy atom. The zero-order valence-electron chi connectivity index (χ0n) is 17.6. The van der Waals surface area contributed by atoms with E-state index in [0.29, 0.717) is 13.1 Å². The van der Waals surface area contributed by atoms with Crippen molar-refractivity contribution >= 4 is 23.2 Å². The maximum absolute atomic E-state index is 13.1. The van der Waals surface area contributed by atoms with Gasteiger partial charge in [0, 0.05) is 48.8 Å². The van der Waals surface area contributed by atoms with E-state index in [2.05, 4.69) is 10.7 Å². The van der Waals surface area contributed by atoms with Crippen LogP contribution >= 0.6 is 11.3 Å². The van der Waals surface area contributed by atoms with Crippen molar-refractivity contribution in [1.82, 2.24) is 15.2 Å². The molecule has 1 aromatic carbocycles. The van der Waals surface area contributed by atoms with Crippen LogP contribution in [0.4, 0.5) is 0 Å². The Balaban J connectivity index is 1.35. The first-order valence-electron chi connectivity index (χ1n) is 10.7. The number of hydrogen-bond acceptors (Lipinski definition) is 5. The fourth-order valence-electron chi connectivity index (χ4n) is 3.97. The SMILES string of the molecule is COc1ccc(C(=O)N2CCCC(c3nc(CCNC(=O)C4CC4)cs3)C2)c(C)c1. The maximum atomic E-state index is 13.1. The number of piperidine rings is 1. The molecule has 1 atom stereocenters. The first-order valence-corrected chi connectivity index (χ1v) is 11.6. The Bertz CT molecular complexity index is 922. The van der Waals surface area contributed by atoms with Crippen molar-refractivity contribution in [3.05, 3.63) is 45.4 Å². The summed E-state index contributed by atoms with van der Waals surface area (Å²) in [6.45, 7) is 4.08. The highest BCUT2D eigenvalue weighted by Crippen LogP contribution is 2.31. The Labute approximate surface area is 181 Å². The number of likely N-dealkylation sites (tertiary alicyclic amines) is 1. The number of thiazole rings is 1. The normalized spacial score (nSPS) is 18.9. The monoisotopic (exact) mass is 427 g/mol. The van der Waals surface area contributed by atoms with Gasteiger partial charge in [-0.25, -0.2) is 4.98 Å². The van der Waals surface area contributed by atoms with Crippen LogP contribution in [0.2, 0.25) is 0 Å². The second-order valence-electron chi connectivity index (χ2n) is 8.26. The fraction of sp³-hybridized carbons (Fsp3) is 0.522. The van der Waals surface area contributed by atoms with Gasteiger partial charge in [0.05, 0.1) is 17.8 Å². The molecular weight excluding hydrogens is 398 g/mol. The van der Waals surface area contributed by atoms with Crippen LogP contribution in [0, 0.1) is 12.8 Å². The minimum atomic E-state index is 0.0828. The van der Waals surface area contributed by atoms with E-state index in [1.165, 1.54) is 0 Å². The van der Waals surface area contributed by atoms with E-state index in [4.69, 9.17) is 9.72 Å². The molecule has 1 aromatic heterocycles. The van der Waals surface area contributed by atoms with E-state index in [-0.39, 0.29) is 23.7 Å². The third kappa shape index (κ3) is 4.83. The van der Waals surface area contributed by atoms with Crippen LogP contribution in [0.25, 0.3) is 0 Å². The molecule has 7 heteroatoms. The average Bonchev–Trinajstić information content (AvgIpc) is 3.52. The second kappa shape index (κ2) is 9.16. The van der Waals surface area contributed by atoms with E-state index >= 15 is 0 Å². The van der Waals surface area contributed by atoms with Crippen LogP contribution in [0.5, 0.6) is 5.75 Å². The third-order valence-electron chi connectivity index (χ3n) is 5.92. The summed E-state index contributed by atoms with van der Waals surface area (Å²) in [5.74, 6) is 1.56. The summed E-state index contributed by atoms with van der Waals surface area (Å²) >= 11 is 1.67. The minimum absolute atomic E-state index is 0.0828. The van der Waals surface area contributed by atoms with Crippen molar-refractivity contribution < 1.29 is 14.3 Å². The van der Waals surface area contributed by atoms with E-state index in [9.17, 15) is 9.59 Å². The Hall–Kier alpha value is -2.41. The molecule has 4 rings (SSSR count). The van der Waals surface area contributed by atoms with Crippen molar-refractivity contribution in [2.24, 2.45) is 5.92 Å². The van der Waals surface area contributed by atoms with Gasteiger partial charge in [-0.05, 0) is 56.4 Å². The molecule has 2 fully saturated rings. The molecule has 1 aliphatic carbocycles. The number of carbonyl (C=O) groups excluding carboxylic acids is 2. The molecule has 0 bridgehead atoms. The van der Waals surface area contributed by atoms with Gasteiger partial charge >= 0.3 is 0 Å². The topological polar surface area (TPSA) is 71.5 Å². The summed E-state index contributed by atoms with van der Waals surface area (Å²) in [6.07, 6.45) is 4.85. The van der Waals surface area contributed by atoms with Crippen LogP contribution in [0.15, 0.2) is 23.6 Å². The van der Waals surface area contributed by atoms with Gasteiger partial charge in [0.25, 0.3) is 5.91 Å². The van der Waals surface area contributed by atoms with Crippen molar-refractivity contribution in [1.29, 1.82) is 0 Å². The number of hydrogen-bond donors (Lipinski definition) is 1. The molecule has 2 aliphatic rings. The summed E-state index contributed by atoms with van der Waals surface area (Å²) in [7, 11) is 1.63. The Morgan fingerprint density at radius 3 is 2.87 bits per heavy atom. The molecule has 0 radical (unpaired) electrons. The maximum Gasteiger partial charge on any atom is 0.254 e. The van der Waals surface area contributed by atoms with Gasteiger partial charge < -0.3 is 15.0 Å². The van der Waals surface area contributed by atoms with E-state index < -0.39 is 0 Å². The lowest BCUT2D eigenvalue weighted by Crippen LogP contribution is -2.39. The number of benzene rings is 1. The molecule has 2 heterocycles. The van der Waals surface area contributed by atoms with Crippen molar-refractivity contribution in [2.75, 3.05) is 26.7 Å². The zero-order chi connectivity index (χ0) is 21.1. The highest BCUT2D eigenvalue weighted by Gasteiger charge is 2.30. The summed E-state index contributed by atoms with van der Waals surface area (Å²) < 4.78 is 5.25. The van der Waals surface area contributed by atoms with Crippen molar-refractivity contribution in [3.63, 3.8) is 0 Å². The lowest BCUT2D eigenvalue weighted by molar-refractivity contribution is -0.122. The van der Waals surface area contributed by atoms with Gasteiger partial charge in [-0.15, -0.1) is 11.3 Å². The smallest absolute Gasteiger partial charge is 0.254 e. The molecule has 2 aromatic rings. The highest BCUT2D eigenvalue weighted by atomic mass is 32.1. The van der Waals surface area contributed by atoms with Crippen LogP contribution < -0.4 is 10.1 Å². The molecule has 0 spiro atoms. The van der Waals surface area contributed by atoms with E-state index in [0.717, 1.165) is 66.2 Å². The molecule has 30 heavy (non-hydrogen) atoms. The zero-order valence-corrected chi connectivity index (χ0v) is 18.5. The highest BCUT2D eigenvalue weighted by molar-refractivity contribution is 7.09. The van der Waals surface area contributed by atoms with Crippen molar-refractivity contribution in [2.45, 2.75) is 44.9 Å². The van der Waals surface area contributed by atoms with Gasteiger partial charge in [-0.1, -0.05) is 0 Å². The molecule has 6 nitrogen and oxygen atoms in total. The van der Waals surface area contributed by atoms with E-state index in [1.54, 1.807) is 18.4 Å². The number of aryl methyl sites for hydroxylation is 1. The third-order valence-corrected chi connectivity index (χ3v) is 6.98.